The lowest BCUT2D eigenvalue weighted by Gasteiger charge is -2.29. The fourth-order valence-corrected chi connectivity index (χ4v) is 3.54. The normalized spacial score (nSPS) is 13.0. The molecule has 1 aliphatic heterocycles. The molecule has 1 N–H and O–H groups in total. The van der Waals surface area contributed by atoms with Gasteiger partial charge in [-0.05, 0) is 36.4 Å². The number of anilines is 2. The Bertz CT molecular complexity index is 955. The van der Waals surface area contributed by atoms with Gasteiger partial charge in [-0.2, -0.15) is 0 Å². The second-order valence-corrected chi connectivity index (χ2v) is 6.91. The topological polar surface area (TPSA) is 71.5 Å². The van der Waals surface area contributed by atoms with Crippen LogP contribution < -0.4 is 15.0 Å². The van der Waals surface area contributed by atoms with E-state index in [0.29, 0.717) is 23.7 Å². The van der Waals surface area contributed by atoms with Gasteiger partial charge in [0, 0.05) is 35.8 Å². The van der Waals surface area contributed by atoms with Crippen molar-refractivity contribution in [2.24, 2.45) is 0 Å². The van der Waals surface area contributed by atoms with Crippen LogP contribution in [0, 0.1) is 0 Å². The highest BCUT2D eigenvalue weighted by Crippen LogP contribution is 2.31. The monoisotopic (exact) mass is 379 g/mol. The molecule has 4 rings (SSSR count). The maximum Gasteiger partial charge on any atom is 0.265 e. The summed E-state index contributed by atoms with van der Waals surface area (Å²) in [6.45, 7) is 0.305. The number of aromatic nitrogens is 1. The summed E-state index contributed by atoms with van der Waals surface area (Å²) in [4.78, 5) is 30.3. The minimum atomic E-state index is -0.145. The van der Waals surface area contributed by atoms with Crippen LogP contribution in [0.5, 0.6) is 5.75 Å². The number of para-hydroxylation sites is 2. The van der Waals surface area contributed by atoms with E-state index in [9.17, 15) is 9.59 Å². The minimum absolute atomic E-state index is 0.00312. The first-order valence-corrected chi connectivity index (χ1v) is 9.40. The van der Waals surface area contributed by atoms with Gasteiger partial charge in [0.05, 0.1) is 5.69 Å². The van der Waals surface area contributed by atoms with E-state index in [1.54, 1.807) is 22.4 Å². The Balaban J connectivity index is 1.37. The lowest BCUT2D eigenvalue weighted by molar-refractivity contribution is -0.121. The van der Waals surface area contributed by atoms with Crippen LogP contribution >= 0.6 is 11.3 Å². The SMILES string of the molecule is O=C(CCN1C(=O)COc2ccccc21)Nc1ccc(-c2nccs2)cc1. The maximum absolute atomic E-state index is 12.3. The van der Waals surface area contributed by atoms with E-state index in [1.165, 1.54) is 0 Å². The van der Waals surface area contributed by atoms with Crippen LogP contribution in [-0.4, -0.2) is 29.9 Å². The van der Waals surface area contributed by atoms with Crippen molar-refractivity contribution in [3.8, 4) is 16.3 Å². The average molecular weight is 379 g/mol. The van der Waals surface area contributed by atoms with Gasteiger partial charge in [0.2, 0.25) is 5.91 Å². The highest BCUT2D eigenvalue weighted by molar-refractivity contribution is 7.13. The van der Waals surface area contributed by atoms with Crippen LogP contribution in [0.25, 0.3) is 10.6 Å². The number of amides is 2. The molecule has 3 aromatic rings. The molecule has 27 heavy (non-hydrogen) atoms. The molecule has 0 saturated heterocycles. The summed E-state index contributed by atoms with van der Waals surface area (Å²) >= 11 is 1.57. The van der Waals surface area contributed by atoms with E-state index >= 15 is 0 Å². The Kier molecular flexibility index (Phi) is 4.84. The van der Waals surface area contributed by atoms with Gasteiger partial charge in [0.1, 0.15) is 10.8 Å². The fourth-order valence-electron chi connectivity index (χ4n) is 2.90. The predicted molar refractivity (Wildman–Crippen MR) is 105 cm³/mol. The summed E-state index contributed by atoms with van der Waals surface area (Å²) in [5.74, 6) is 0.373. The van der Waals surface area contributed by atoms with Crippen LogP contribution in [-0.2, 0) is 9.59 Å². The summed E-state index contributed by atoms with van der Waals surface area (Å²) in [5.41, 5.74) is 2.43. The number of ether oxygens (including phenoxy) is 1. The van der Waals surface area contributed by atoms with Crippen LogP contribution in [0.3, 0.4) is 0 Å². The molecule has 0 spiro atoms. The Morgan fingerprint density at radius 2 is 2.00 bits per heavy atom. The highest BCUT2D eigenvalue weighted by atomic mass is 32.1. The Morgan fingerprint density at radius 3 is 2.78 bits per heavy atom. The van der Waals surface area contributed by atoms with Gasteiger partial charge in [-0.1, -0.05) is 12.1 Å². The number of nitrogens with one attached hydrogen (secondary N) is 1. The summed E-state index contributed by atoms with van der Waals surface area (Å²) in [7, 11) is 0. The predicted octanol–water partition coefficient (Wildman–Crippen LogP) is 3.56. The van der Waals surface area contributed by atoms with Gasteiger partial charge < -0.3 is 15.0 Å². The summed E-state index contributed by atoms with van der Waals surface area (Å²) in [6, 6.07) is 14.9. The molecular weight excluding hydrogens is 362 g/mol. The third-order valence-corrected chi connectivity index (χ3v) is 5.04. The molecule has 136 valence electrons. The minimum Gasteiger partial charge on any atom is -0.482 e. The van der Waals surface area contributed by atoms with E-state index < -0.39 is 0 Å². The van der Waals surface area contributed by atoms with Gasteiger partial charge in [-0.3, -0.25) is 9.59 Å². The first kappa shape index (κ1) is 17.2. The van der Waals surface area contributed by atoms with Crippen molar-refractivity contribution in [1.82, 2.24) is 4.98 Å². The van der Waals surface area contributed by atoms with Crippen LogP contribution in [0.4, 0.5) is 11.4 Å². The molecule has 0 unspecified atom stereocenters. The number of carbonyl (C=O) groups excluding carboxylic acids is 2. The van der Waals surface area contributed by atoms with Crippen molar-refractivity contribution in [1.29, 1.82) is 0 Å². The lowest BCUT2D eigenvalue weighted by atomic mass is 10.2. The summed E-state index contributed by atoms with van der Waals surface area (Å²) in [5, 5.41) is 5.74. The quantitative estimate of drug-likeness (QED) is 0.736. The lowest BCUT2D eigenvalue weighted by Crippen LogP contribution is -2.40. The van der Waals surface area contributed by atoms with Crippen LogP contribution in [0.15, 0.2) is 60.1 Å². The zero-order valence-electron chi connectivity index (χ0n) is 14.4. The van der Waals surface area contributed by atoms with Gasteiger partial charge in [0.25, 0.3) is 5.91 Å². The molecule has 1 aromatic heterocycles. The number of hydrogen-bond acceptors (Lipinski definition) is 5. The van der Waals surface area contributed by atoms with E-state index in [0.717, 1.165) is 10.6 Å². The largest absolute Gasteiger partial charge is 0.482 e. The molecule has 1 aliphatic rings. The van der Waals surface area contributed by atoms with Gasteiger partial charge in [-0.25, -0.2) is 4.98 Å². The zero-order valence-corrected chi connectivity index (χ0v) is 15.2. The van der Waals surface area contributed by atoms with Crippen LogP contribution in [0.2, 0.25) is 0 Å². The Labute approximate surface area is 160 Å². The van der Waals surface area contributed by atoms with E-state index in [2.05, 4.69) is 10.3 Å². The van der Waals surface area contributed by atoms with Crippen molar-refractivity contribution in [3.05, 3.63) is 60.1 Å². The van der Waals surface area contributed by atoms with E-state index in [1.807, 2.05) is 53.9 Å². The molecule has 0 fully saturated rings. The number of thiazole rings is 1. The molecule has 0 radical (unpaired) electrons. The Morgan fingerprint density at radius 1 is 1.19 bits per heavy atom. The van der Waals surface area contributed by atoms with Crippen LogP contribution in [0.1, 0.15) is 6.42 Å². The number of benzene rings is 2. The average Bonchev–Trinajstić information content (AvgIpc) is 3.22. The fraction of sp³-hybridized carbons (Fsp3) is 0.150. The molecule has 2 aromatic carbocycles. The van der Waals surface area contributed by atoms with Crippen molar-refractivity contribution in [2.45, 2.75) is 6.42 Å². The first-order chi connectivity index (χ1) is 13.2. The molecule has 0 aliphatic carbocycles. The van der Waals surface area contributed by atoms with Gasteiger partial charge in [0.15, 0.2) is 6.61 Å². The van der Waals surface area contributed by atoms with Crippen molar-refractivity contribution in [2.75, 3.05) is 23.4 Å². The molecule has 0 saturated carbocycles. The molecule has 2 heterocycles. The summed E-state index contributed by atoms with van der Waals surface area (Å²) < 4.78 is 5.41. The number of carbonyl (C=O) groups is 2. The molecule has 2 amide bonds. The number of nitrogens with zero attached hydrogens (tertiary/aromatic N) is 2. The van der Waals surface area contributed by atoms with Crippen molar-refractivity contribution >= 4 is 34.5 Å². The van der Waals surface area contributed by atoms with Gasteiger partial charge >= 0.3 is 0 Å². The third kappa shape index (κ3) is 3.83. The second kappa shape index (κ2) is 7.59. The zero-order chi connectivity index (χ0) is 18.6. The highest BCUT2D eigenvalue weighted by Gasteiger charge is 2.25. The van der Waals surface area contributed by atoms with Crippen molar-refractivity contribution < 1.29 is 14.3 Å². The molecule has 0 atom stereocenters. The van der Waals surface area contributed by atoms with Gasteiger partial charge in [-0.15, -0.1) is 11.3 Å². The first-order valence-electron chi connectivity index (χ1n) is 8.53. The standard InChI is InChI=1S/C20H17N3O3S/c24-18(22-15-7-5-14(6-8-15)20-21-10-12-27-20)9-11-23-16-3-1-2-4-17(16)26-13-19(23)25/h1-8,10,12H,9,11,13H2,(H,22,24). The smallest absolute Gasteiger partial charge is 0.265 e. The second-order valence-electron chi connectivity index (χ2n) is 6.01. The third-order valence-electron chi connectivity index (χ3n) is 4.22. The van der Waals surface area contributed by atoms with Crippen molar-refractivity contribution in [3.63, 3.8) is 0 Å². The number of hydrogen-bond donors (Lipinski definition) is 1. The Hall–Kier alpha value is -3.19. The van der Waals surface area contributed by atoms with E-state index in [4.69, 9.17) is 4.74 Å². The molecule has 7 heteroatoms. The summed E-state index contributed by atoms with van der Waals surface area (Å²) in [6.07, 6.45) is 1.97. The van der Waals surface area contributed by atoms with E-state index in [-0.39, 0.29) is 24.8 Å². The maximum atomic E-state index is 12.3. The molecule has 0 bridgehead atoms. The molecule has 6 nitrogen and oxygen atoms in total. The molecular formula is C20H17N3O3S. The number of fused-ring (bicyclic) bond motifs is 1. The number of rotatable bonds is 5.